The van der Waals surface area contributed by atoms with Gasteiger partial charge in [0.2, 0.25) is 0 Å². The number of carboxylic acids is 1. The van der Waals surface area contributed by atoms with Crippen molar-refractivity contribution in [3.8, 4) is 0 Å². The lowest BCUT2D eigenvalue weighted by molar-refractivity contribution is -0.131. The molecule has 33 heavy (non-hydrogen) atoms. The van der Waals surface area contributed by atoms with Crippen molar-refractivity contribution in [2.75, 3.05) is 11.9 Å². The van der Waals surface area contributed by atoms with Crippen LogP contribution in [-0.4, -0.2) is 27.2 Å². The normalized spacial score (nSPS) is 13.5. The smallest absolute Gasteiger partial charge is 0.330 e. The summed E-state index contributed by atoms with van der Waals surface area (Å²) in [6.45, 7) is 1.01. The fourth-order valence-electron chi connectivity index (χ4n) is 4.56. The Morgan fingerprint density at radius 1 is 1.06 bits per heavy atom. The Balaban J connectivity index is 1.32. The van der Waals surface area contributed by atoms with Crippen LogP contribution in [0.1, 0.15) is 35.2 Å². The second-order valence-electron chi connectivity index (χ2n) is 8.51. The van der Waals surface area contributed by atoms with Gasteiger partial charge >= 0.3 is 5.97 Å². The van der Waals surface area contributed by atoms with Crippen LogP contribution in [-0.2, 0) is 24.1 Å². The van der Waals surface area contributed by atoms with Gasteiger partial charge in [0.1, 0.15) is 5.82 Å². The van der Waals surface area contributed by atoms with Crippen LogP contribution in [0.3, 0.4) is 0 Å². The zero-order valence-corrected chi connectivity index (χ0v) is 18.5. The quantitative estimate of drug-likeness (QED) is 0.372. The summed E-state index contributed by atoms with van der Waals surface area (Å²) < 4.78 is 1.95. The number of carboxylic acid groups (broad SMARTS) is 1. The molecule has 1 aliphatic heterocycles. The van der Waals surface area contributed by atoms with E-state index in [1.54, 1.807) is 0 Å². The molecule has 166 valence electrons. The van der Waals surface area contributed by atoms with E-state index in [9.17, 15) is 9.90 Å². The largest absolute Gasteiger partial charge is 0.478 e. The van der Waals surface area contributed by atoms with E-state index in [1.165, 1.54) is 23.6 Å². The first-order chi connectivity index (χ1) is 16.2. The molecular formula is C28H27N3O2. The van der Waals surface area contributed by atoms with Gasteiger partial charge in [-0.3, -0.25) is 0 Å². The summed E-state index contributed by atoms with van der Waals surface area (Å²) in [4.78, 5) is 16.3. The summed E-state index contributed by atoms with van der Waals surface area (Å²) in [6.07, 6.45) is 8.47. The maximum Gasteiger partial charge on any atom is 0.330 e. The van der Waals surface area contributed by atoms with E-state index in [0.717, 1.165) is 60.2 Å². The van der Waals surface area contributed by atoms with E-state index in [4.69, 9.17) is 4.98 Å². The molecule has 2 aromatic heterocycles. The Hall–Kier alpha value is -3.86. The first-order valence-corrected chi connectivity index (χ1v) is 11.5. The summed E-state index contributed by atoms with van der Waals surface area (Å²) in [5, 5.41) is 13.9. The molecule has 0 amide bonds. The van der Waals surface area contributed by atoms with Crippen molar-refractivity contribution in [1.29, 1.82) is 0 Å². The van der Waals surface area contributed by atoms with E-state index >= 15 is 0 Å². The Labute approximate surface area is 193 Å². The van der Waals surface area contributed by atoms with E-state index < -0.39 is 5.97 Å². The number of rotatable bonds is 7. The topological polar surface area (TPSA) is 67.1 Å². The monoisotopic (exact) mass is 437 g/mol. The first kappa shape index (κ1) is 21.0. The van der Waals surface area contributed by atoms with Crippen LogP contribution in [0.25, 0.3) is 16.6 Å². The molecule has 5 heteroatoms. The van der Waals surface area contributed by atoms with Crippen molar-refractivity contribution < 1.29 is 9.90 Å². The minimum absolute atomic E-state index is 0.651. The highest BCUT2D eigenvalue weighted by Gasteiger charge is 2.12. The number of hydrogen-bond donors (Lipinski definition) is 2. The maximum atomic E-state index is 11.5. The fourth-order valence-corrected chi connectivity index (χ4v) is 4.56. The Morgan fingerprint density at radius 2 is 1.94 bits per heavy atom. The minimum Gasteiger partial charge on any atom is -0.478 e. The number of pyridine rings is 1. The number of fused-ring (bicyclic) bond motifs is 2. The molecule has 3 heterocycles. The molecular weight excluding hydrogens is 410 g/mol. The molecule has 0 atom stereocenters. The van der Waals surface area contributed by atoms with Gasteiger partial charge in [-0.25, -0.2) is 9.78 Å². The lowest BCUT2D eigenvalue weighted by atomic mass is 10.0. The third-order valence-electron chi connectivity index (χ3n) is 6.19. The molecule has 5 rings (SSSR count). The molecule has 0 radical (unpaired) electrons. The van der Waals surface area contributed by atoms with E-state index in [-0.39, 0.29) is 0 Å². The highest BCUT2D eigenvalue weighted by molar-refractivity contribution is 5.94. The Kier molecular flexibility index (Phi) is 5.94. The highest BCUT2D eigenvalue weighted by atomic mass is 16.4. The minimum atomic E-state index is -0.960. The van der Waals surface area contributed by atoms with Crippen LogP contribution < -0.4 is 5.32 Å². The number of aliphatic carboxylic acids is 1. The van der Waals surface area contributed by atoms with Gasteiger partial charge in [-0.05, 0) is 73.1 Å². The number of anilines is 1. The van der Waals surface area contributed by atoms with E-state index in [2.05, 4.69) is 35.6 Å². The van der Waals surface area contributed by atoms with Crippen LogP contribution in [0.2, 0.25) is 0 Å². The molecule has 0 aliphatic carbocycles. The van der Waals surface area contributed by atoms with Gasteiger partial charge in [0, 0.05) is 29.9 Å². The number of carbonyl (C=O) groups is 1. The van der Waals surface area contributed by atoms with Crippen LogP contribution in [0.4, 0.5) is 5.82 Å². The average molecular weight is 438 g/mol. The maximum absolute atomic E-state index is 11.5. The van der Waals surface area contributed by atoms with E-state index in [0.29, 0.717) is 5.70 Å². The van der Waals surface area contributed by atoms with Gasteiger partial charge in [-0.1, -0.05) is 42.5 Å². The molecule has 4 aromatic rings. The summed E-state index contributed by atoms with van der Waals surface area (Å²) in [7, 11) is 0. The Bertz CT molecular complexity index is 1320. The van der Waals surface area contributed by atoms with Crippen molar-refractivity contribution in [1.82, 2.24) is 9.55 Å². The molecule has 0 saturated heterocycles. The van der Waals surface area contributed by atoms with Crippen molar-refractivity contribution >= 4 is 28.4 Å². The first-order valence-electron chi connectivity index (χ1n) is 11.5. The number of benzene rings is 2. The summed E-state index contributed by atoms with van der Waals surface area (Å²) in [5.41, 5.74) is 6.26. The Morgan fingerprint density at radius 3 is 2.79 bits per heavy atom. The molecule has 2 N–H and O–H groups in total. The number of hydrogen-bond acceptors (Lipinski definition) is 3. The third-order valence-corrected chi connectivity index (χ3v) is 6.19. The lowest BCUT2D eigenvalue weighted by Crippen LogP contribution is -2.14. The second-order valence-corrected chi connectivity index (χ2v) is 8.51. The van der Waals surface area contributed by atoms with E-state index in [1.807, 2.05) is 47.2 Å². The summed E-state index contributed by atoms with van der Waals surface area (Å²) >= 11 is 0. The molecule has 0 saturated carbocycles. The van der Waals surface area contributed by atoms with Crippen molar-refractivity contribution in [3.05, 3.63) is 101 Å². The summed E-state index contributed by atoms with van der Waals surface area (Å²) in [5.74, 6) is 0.100. The molecule has 0 fully saturated rings. The SMILES string of the molecule is O=C(O)C=C(c1ccccc1)n1ccc2cc(CCCc3ccc4c(n3)NCCC4)ccc21. The molecule has 5 nitrogen and oxygen atoms in total. The van der Waals surface area contributed by atoms with Gasteiger partial charge in [0.15, 0.2) is 0 Å². The van der Waals surface area contributed by atoms with Gasteiger partial charge in [-0.15, -0.1) is 0 Å². The molecule has 0 bridgehead atoms. The summed E-state index contributed by atoms with van der Waals surface area (Å²) in [6, 6.07) is 22.5. The predicted molar refractivity (Wildman–Crippen MR) is 132 cm³/mol. The lowest BCUT2D eigenvalue weighted by Gasteiger charge is -2.17. The second kappa shape index (κ2) is 9.33. The average Bonchev–Trinajstić information content (AvgIpc) is 3.26. The van der Waals surface area contributed by atoms with Gasteiger partial charge in [-0.2, -0.15) is 0 Å². The van der Waals surface area contributed by atoms with Crippen LogP contribution in [0, 0.1) is 0 Å². The van der Waals surface area contributed by atoms with Gasteiger partial charge in [0.05, 0.1) is 11.2 Å². The number of nitrogens with zero attached hydrogens (tertiary/aromatic N) is 2. The highest BCUT2D eigenvalue weighted by Crippen LogP contribution is 2.26. The zero-order valence-electron chi connectivity index (χ0n) is 18.5. The van der Waals surface area contributed by atoms with Crippen molar-refractivity contribution in [3.63, 3.8) is 0 Å². The third kappa shape index (κ3) is 4.67. The molecule has 0 unspecified atom stereocenters. The van der Waals surface area contributed by atoms with Crippen molar-refractivity contribution in [2.45, 2.75) is 32.1 Å². The number of aryl methyl sites for hydroxylation is 3. The predicted octanol–water partition coefficient (Wildman–Crippen LogP) is 5.54. The van der Waals surface area contributed by atoms with Crippen LogP contribution in [0.15, 0.2) is 79.0 Å². The fraction of sp³-hybridized carbons (Fsp3) is 0.214. The van der Waals surface area contributed by atoms with Crippen LogP contribution >= 0.6 is 0 Å². The molecule has 2 aromatic carbocycles. The standard InChI is InChI=1S/C28H27N3O2/c32-27(33)19-26(21-7-2-1-3-8-21)31-17-15-23-18-20(11-14-25(23)31)6-4-10-24-13-12-22-9-5-16-29-28(22)30-24/h1-3,7-8,11-15,17-19H,4-6,9-10,16H2,(H,29,30)(H,32,33). The molecule has 0 spiro atoms. The van der Waals surface area contributed by atoms with Gasteiger partial charge in [0.25, 0.3) is 0 Å². The van der Waals surface area contributed by atoms with Crippen molar-refractivity contribution in [2.24, 2.45) is 0 Å². The molecule has 1 aliphatic rings. The van der Waals surface area contributed by atoms with Crippen LogP contribution in [0.5, 0.6) is 0 Å². The number of nitrogens with one attached hydrogen (secondary N) is 1. The number of aromatic nitrogens is 2. The zero-order chi connectivity index (χ0) is 22.6. The van der Waals surface area contributed by atoms with Gasteiger partial charge < -0.3 is 15.0 Å².